The van der Waals surface area contributed by atoms with Crippen molar-refractivity contribution in [2.24, 2.45) is 0 Å². The van der Waals surface area contributed by atoms with Gasteiger partial charge in [0, 0.05) is 0 Å². The van der Waals surface area contributed by atoms with Crippen molar-refractivity contribution in [3.63, 3.8) is 0 Å². The summed E-state index contributed by atoms with van der Waals surface area (Å²) in [5, 5.41) is 10.2. The van der Waals surface area contributed by atoms with Crippen LogP contribution in [0.4, 0.5) is 22.0 Å². The van der Waals surface area contributed by atoms with E-state index in [0.717, 1.165) is 6.92 Å². The van der Waals surface area contributed by atoms with Crippen molar-refractivity contribution in [1.29, 1.82) is 0 Å². The fourth-order valence-corrected chi connectivity index (χ4v) is 1.94. The molecule has 0 aliphatic rings. The van der Waals surface area contributed by atoms with Gasteiger partial charge in [-0.05, 0) is 12.5 Å². The van der Waals surface area contributed by atoms with Gasteiger partial charge in [0.2, 0.25) is 5.82 Å². The van der Waals surface area contributed by atoms with E-state index < -0.39 is 40.3 Å². The van der Waals surface area contributed by atoms with E-state index in [9.17, 15) is 27.1 Å². The van der Waals surface area contributed by atoms with Gasteiger partial charge in [-0.25, -0.2) is 22.0 Å². The minimum absolute atomic E-state index is 0.00297. The maximum atomic E-state index is 13.7. The van der Waals surface area contributed by atoms with E-state index >= 15 is 0 Å². The Morgan fingerprint density at radius 1 is 0.750 bits per heavy atom. The SMILES string of the molecule is CC(O)(c1ccccc1)c1c(F)c(F)c(F)c(F)c1F. The summed E-state index contributed by atoms with van der Waals surface area (Å²) in [6.45, 7) is 0.959. The third-order valence-electron chi connectivity index (χ3n) is 3.03. The van der Waals surface area contributed by atoms with Gasteiger partial charge in [0.05, 0.1) is 5.56 Å². The fourth-order valence-electron chi connectivity index (χ4n) is 1.94. The predicted octanol–water partition coefficient (Wildman–Crippen LogP) is 3.64. The van der Waals surface area contributed by atoms with Crippen LogP contribution in [0.25, 0.3) is 0 Å². The standard InChI is InChI=1S/C14H9F5O/c1-14(20,7-5-3-2-4-6-7)8-9(15)11(17)13(19)12(18)10(8)16/h2-6,20H,1H3. The Kier molecular flexibility index (Phi) is 3.52. The molecule has 0 radical (unpaired) electrons. The van der Waals surface area contributed by atoms with Gasteiger partial charge in [0.25, 0.3) is 0 Å². The second-order valence-corrected chi connectivity index (χ2v) is 4.38. The molecule has 2 rings (SSSR count). The Morgan fingerprint density at radius 3 is 1.60 bits per heavy atom. The van der Waals surface area contributed by atoms with Crippen LogP contribution in [0.5, 0.6) is 0 Å². The van der Waals surface area contributed by atoms with E-state index in [2.05, 4.69) is 0 Å². The molecule has 6 heteroatoms. The highest BCUT2D eigenvalue weighted by Crippen LogP contribution is 2.35. The van der Waals surface area contributed by atoms with Crippen molar-refractivity contribution in [2.45, 2.75) is 12.5 Å². The highest BCUT2D eigenvalue weighted by Gasteiger charge is 2.37. The molecule has 1 N–H and O–H groups in total. The topological polar surface area (TPSA) is 20.2 Å². The summed E-state index contributed by atoms with van der Waals surface area (Å²) in [7, 11) is 0. The number of aliphatic hydroxyl groups is 1. The first-order valence-corrected chi connectivity index (χ1v) is 5.58. The van der Waals surface area contributed by atoms with Crippen molar-refractivity contribution < 1.29 is 27.1 Å². The van der Waals surface area contributed by atoms with Crippen LogP contribution in [-0.4, -0.2) is 5.11 Å². The molecule has 0 saturated carbocycles. The summed E-state index contributed by atoms with van der Waals surface area (Å²) in [4.78, 5) is 0. The number of hydrogen-bond acceptors (Lipinski definition) is 1. The van der Waals surface area contributed by atoms with E-state index in [0.29, 0.717) is 0 Å². The van der Waals surface area contributed by atoms with Crippen LogP contribution >= 0.6 is 0 Å². The minimum Gasteiger partial charge on any atom is -0.380 e. The zero-order chi connectivity index (χ0) is 15.1. The fraction of sp³-hybridized carbons (Fsp3) is 0.143. The Labute approximate surface area is 111 Å². The van der Waals surface area contributed by atoms with Crippen molar-refractivity contribution in [2.75, 3.05) is 0 Å². The molecule has 1 atom stereocenters. The minimum atomic E-state index is -2.36. The largest absolute Gasteiger partial charge is 0.380 e. The summed E-state index contributed by atoms with van der Waals surface area (Å²) in [5.41, 5.74) is -3.63. The molecule has 2 aromatic carbocycles. The average Bonchev–Trinajstić information content (AvgIpc) is 2.44. The van der Waals surface area contributed by atoms with Crippen LogP contribution < -0.4 is 0 Å². The molecule has 20 heavy (non-hydrogen) atoms. The van der Waals surface area contributed by atoms with Gasteiger partial charge in [-0.1, -0.05) is 30.3 Å². The maximum Gasteiger partial charge on any atom is 0.200 e. The van der Waals surface area contributed by atoms with E-state index in [4.69, 9.17) is 0 Å². The van der Waals surface area contributed by atoms with Crippen LogP contribution in [0, 0.1) is 29.1 Å². The van der Waals surface area contributed by atoms with E-state index in [1.807, 2.05) is 0 Å². The van der Waals surface area contributed by atoms with E-state index in [1.165, 1.54) is 24.3 Å². The normalized spacial score (nSPS) is 14.2. The van der Waals surface area contributed by atoms with Crippen LogP contribution in [-0.2, 0) is 5.60 Å². The maximum absolute atomic E-state index is 13.7. The quantitative estimate of drug-likeness (QED) is 0.508. The van der Waals surface area contributed by atoms with Gasteiger partial charge in [-0.2, -0.15) is 0 Å². The molecule has 2 aromatic rings. The molecule has 0 amide bonds. The van der Waals surface area contributed by atoms with Gasteiger partial charge in [-0.15, -0.1) is 0 Å². The number of rotatable bonds is 2. The lowest BCUT2D eigenvalue weighted by Crippen LogP contribution is -2.28. The number of benzene rings is 2. The van der Waals surface area contributed by atoms with Crippen molar-refractivity contribution in [3.05, 3.63) is 70.5 Å². The molecule has 0 heterocycles. The molecule has 0 aromatic heterocycles. The third-order valence-corrected chi connectivity index (χ3v) is 3.03. The van der Waals surface area contributed by atoms with E-state index in [1.54, 1.807) is 6.07 Å². The van der Waals surface area contributed by atoms with Gasteiger partial charge >= 0.3 is 0 Å². The molecular weight excluding hydrogens is 279 g/mol. The summed E-state index contributed by atoms with van der Waals surface area (Å²) in [6, 6.07) is 7.15. The average molecular weight is 288 g/mol. The first kappa shape index (κ1) is 14.5. The monoisotopic (exact) mass is 288 g/mol. The van der Waals surface area contributed by atoms with Crippen molar-refractivity contribution >= 4 is 0 Å². The molecule has 1 unspecified atom stereocenters. The Balaban J connectivity index is 2.76. The molecule has 1 nitrogen and oxygen atoms in total. The lowest BCUT2D eigenvalue weighted by molar-refractivity contribution is 0.0904. The van der Waals surface area contributed by atoms with Crippen LogP contribution in [0.3, 0.4) is 0 Å². The molecule has 0 spiro atoms. The summed E-state index contributed by atoms with van der Waals surface area (Å²) in [6.07, 6.45) is 0. The second-order valence-electron chi connectivity index (χ2n) is 4.38. The zero-order valence-electron chi connectivity index (χ0n) is 10.2. The van der Waals surface area contributed by atoms with Crippen molar-refractivity contribution in [3.8, 4) is 0 Å². The summed E-state index contributed by atoms with van der Waals surface area (Å²) >= 11 is 0. The molecular formula is C14H9F5O. The lowest BCUT2D eigenvalue weighted by Gasteiger charge is -2.25. The van der Waals surface area contributed by atoms with Gasteiger partial charge < -0.3 is 5.11 Å². The first-order valence-electron chi connectivity index (χ1n) is 5.58. The van der Waals surface area contributed by atoms with Gasteiger partial charge in [0.1, 0.15) is 5.60 Å². The predicted molar refractivity (Wildman–Crippen MR) is 61.3 cm³/mol. The van der Waals surface area contributed by atoms with Crippen molar-refractivity contribution in [1.82, 2.24) is 0 Å². The Morgan fingerprint density at radius 2 is 1.15 bits per heavy atom. The third kappa shape index (κ3) is 2.06. The molecule has 106 valence electrons. The van der Waals surface area contributed by atoms with Gasteiger partial charge in [0.15, 0.2) is 23.3 Å². The molecule has 0 aliphatic carbocycles. The zero-order valence-corrected chi connectivity index (χ0v) is 10.2. The molecule has 0 aliphatic heterocycles. The highest BCUT2D eigenvalue weighted by molar-refractivity contribution is 5.38. The molecule has 0 saturated heterocycles. The lowest BCUT2D eigenvalue weighted by atomic mass is 9.87. The smallest absolute Gasteiger partial charge is 0.200 e. The second kappa shape index (κ2) is 4.86. The van der Waals surface area contributed by atoms with Crippen LogP contribution in [0.15, 0.2) is 30.3 Å². The first-order chi connectivity index (χ1) is 9.28. The summed E-state index contributed by atoms with van der Waals surface area (Å²) < 4.78 is 66.7. The molecule has 0 fully saturated rings. The van der Waals surface area contributed by atoms with E-state index in [-0.39, 0.29) is 5.56 Å². The van der Waals surface area contributed by atoms with Crippen LogP contribution in [0.1, 0.15) is 18.1 Å². The Bertz CT molecular complexity index is 623. The highest BCUT2D eigenvalue weighted by atomic mass is 19.2. The molecule has 0 bridgehead atoms. The van der Waals surface area contributed by atoms with Crippen LogP contribution in [0.2, 0.25) is 0 Å². The summed E-state index contributed by atoms with van der Waals surface area (Å²) in [5.74, 6) is -10.5. The number of halogens is 5. The van der Waals surface area contributed by atoms with Gasteiger partial charge in [-0.3, -0.25) is 0 Å². The number of hydrogen-bond donors (Lipinski definition) is 1. The Hall–Kier alpha value is -1.95.